The van der Waals surface area contributed by atoms with Gasteiger partial charge in [0.1, 0.15) is 5.75 Å². The number of hydrogen-bond donors (Lipinski definition) is 1. The normalized spacial score (nSPS) is 13.3. The van der Waals surface area contributed by atoms with Crippen LogP contribution in [-0.2, 0) is 0 Å². The minimum Gasteiger partial charge on any atom is -0.497 e. The summed E-state index contributed by atoms with van der Waals surface area (Å²) in [5, 5.41) is 19.5. The molecule has 0 aromatic heterocycles. The Bertz CT molecular complexity index is 692. The highest BCUT2D eigenvalue weighted by Gasteiger charge is 2.19. The molecule has 0 saturated heterocycles. The molecule has 2 aromatic rings. The summed E-state index contributed by atoms with van der Waals surface area (Å²) in [6.07, 6.45) is -0.583. The van der Waals surface area contributed by atoms with E-state index in [1.807, 2.05) is 48.5 Å². The Labute approximate surface area is 143 Å². The van der Waals surface area contributed by atoms with Gasteiger partial charge >= 0.3 is 0 Å². The van der Waals surface area contributed by atoms with E-state index < -0.39 is 6.10 Å². The third-order valence-electron chi connectivity index (χ3n) is 4.36. The molecule has 0 aliphatic carbocycles. The third kappa shape index (κ3) is 4.35. The van der Waals surface area contributed by atoms with Gasteiger partial charge in [-0.1, -0.05) is 31.2 Å². The van der Waals surface area contributed by atoms with Crippen LogP contribution in [0.15, 0.2) is 48.5 Å². The fourth-order valence-electron chi connectivity index (χ4n) is 2.78. The van der Waals surface area contributed by atoms with Crippen LogP contribution in [0.1, 0.15) is 42.7 Å². The van der Waals surface area contributed by atoms with Gasteiger partial charge < -0.3 is 9.84 Å². The molecular formula is C20H24N2O2. The molecule has 0 bridgehead atoms. The summed E-state index contributed by atoms with van der Waals surface area (Å²) in [5.74, 6) is 0.745. The van der Waals surface area contributed by atoms with Crippen molar-refractivity contribution in [1.82, 2.24) is 4.90 Å². The van der Waals surface area contributed by atoms with Crippen molar-refractivity contribution >= 4 is 0 Å². The Balaban J connectivity index is 2.10. The number of nitriles is 1. The van der Waals surface area contributed by atoms with Crippen LogP contribution in [-0.4, -0.2) is 30.2 Å². The van der Waals surface area contributed by atoms with E-state index in [-0.39, 0.29) is 6.04 Å². The Morgan fingerprint density at radius 2 is 1.88 bits per heavy atom. The maximum atomic E-state index is 10.6. The lowest BCUT2D eigenvalue weighted by molar-refractivity contribution is 0.0944. The van der Waals surface area contributed by atoms with Gasteiger partial charge in [-0.3, -0.25) is 4.90 Å². The Morgan fingerprint density at radius 3 is 2.46 bits per heavy atom. The Kier molecular flexibility index (Phi) is 6.36. The van der Waals surface area contributed by atoms with Crippen molar-refractivity contribution in [3.63, 3.8) is 0 Å². The zero-order valence-corrected chi connectivity index (χ0v) is 14.4. The summed E-state index contributed by atoms with van der Waals surface area (Å²) in [7, 11) is 1.62. The molecule has 0 saturated carbocycles. The topological polar surface area (TPSA) is 56.5 Å². The molecule has 24 heavy (non-hydrogen) atoms. The number of rotatable bonds is 7. The van der Waals surface area contributed by atoms with Crippen LogP contribution < -0.4 is 4.74 Å². The van der Waals surface area contributed by atoms with Gasteiger partial charge in [0.15, 0.2) is 0 Å². The summed E-state index contributed by atoms with van der Waals surface area (Å²) in [6, 6.07) is 17.4. The van der Waals surface area contributed by atoms with E-state index in [9.17, 15) is 5.11 Å². The summed E-state index contributed by atoms with van der Waals surface area (Å²) < 4.78 is 5.22. The van der Waals surface area contributed by atoms with Gasteiger partial charge in [-0.25, -0.2) is 0 Å². The lowest BCUT2D eigenvalue weighted by Gasteiger charge is -2.30. The zero-order chi connectivity index (χ0) is 17.5. The van der Waals surface area contributed by atoms with Crippen LogP contribution in [0.3, 0.4) is 0 Å². The van der Waals surface area contributed by atoms with Gasteiger partial charge in [0.2, 0.25) is 0 Å². The predicted octanol–water partition coefficient (Wildman–Crippen LogP) is 3.68. The first kappa shape index (κ1) is 18.0. The molecule has 126 valence electrons. The van der Waals surface area contributed by atoms with Gasteiger partial charge in [0, 0.05) is 12.6 Å². The van der Waals surface area contributed by atoms with Crippen molar-refractivity contribution in [2.75, 3.05) is 20.2 Å². The number of ether oxygens (including phenoxy) is 1. The molecule has 2 aromatic carbocycles. The van der Waals surface area contributed by atoms with Gasteiger partial charge in [-0.2, -0.15) is 5.26 Å². The van der Waals surface area contributed by atoms with Crippen LogP contribution in [0.2, 0.25) is 0 Å². The fourth-order valence-corrected chi connectivity index (χ4v) is 2.78. The maximum Gasteiger partial charge on any atom is 0.119 e. The van der Waals surface area contributed by atoms with E-state index in [2.05, 4.69) is 24.8 Å². The van der Waals surface area contributed by atoms with Crippen LogP contribution >= 0.6 is 0 Å². The second-order valence-electron chi connectivity index (χ2n) is 5.79. The molecule has 2 atom stereocenters. The molecular weight excluding hydrogens is 300 g/mol. The highest BCUT2D eigenvalue weighted by atomic mass is 16.5. The number of benzene rings is 2. The largest absolute Gasteiger partial charge is 0.497 e. The highest BCUT2D eigenvalue weighted by Crippen LogP contribution is 2.25. The van der Waals surface area contributed by atoms with E-state index >= 15 is 0 Å². The molecule has 4 heteroatoms. The first-order valence-electron chi connectivity index (χ1n) is 8.15. The molecule has 0 aliphatic rings. The average molecular weight is 324 g/mol. The van der Waals surface area contributed by atoms with Crippen molar-refractivity contribution in [2.24, 2.45) is 0 Å². The summed E-state index contributed by atoms with van der Waals surface area (Å²) >= 11 is 0. The molecule has 4 nitrogen and oxygen atoms in total. The average Bonchev–Trinajstić information content (AvgIpc) is 2.65. The molecule has 2 rings (SSSR count). The van der Waals surface area contributed by atoms with Crippen molar-refractivity contribution < 1.29 is 9.84 Å². The van der Waals surface area contributed by atoms with Crippen molar-refractivity contribution in [2.45, 2.75) is 26.0 Å². The van der Waals surface area contributed by atoms with Gasteiger partial charge in [-0.05, 0) is 48.9 Å². The zero-order valence-electron chi connectivity index (χ0n) is 14.4. The number of aliphatic hydroxyl groups is 1. The fraction of sp³-hybridized carbons (Fsp3) is 0.350. The van der Waals surface area contributed by atoms with E-state index in [1.165, 1.54) is 0 Å². The number of aliphatic hydroxyl groups excluding tert-OH is 1. The molecule has 0 radical (unpaired) electrons. The predicted molar refractivity (Wildman–Crippen MR) is 94.8 cm³/mol. The first-order chi connectivity index (χ1) is 11.6. The summed E-state index contributed by atoms with van der Waals surface area (Å²) in [6.45, 7) is 5.55. The molecule has 0 spiro atoms. The second kappa shape index (κ2) is 8.49. The number of hydrogen-bond acceptors (Lipinski definition) is 4. The standard InChI is InChI=1S/C20H24N2O2/c1-4-22(15(2)17-10-8-16(13-21)9-11-17)14-20(23)18-6-5-7-19(12-18)24-3/h5-12,15,20,23H,4,14H2,1-3H3. The van der Waals surface area contributed by atoms with E-state index in [1.54, 1.807) is 7.11 Å². The van der Waals surface area contributed by atoms with Gasteiger partial charge in [-0.15, -0.1) is 0 Å². The molecule has 0 heterocycles. The summed E-state index contributed by atoms with van der Waals surface area (Å²) in [5.41, 5.74) is 2.64. The van der Waals surface area contributed by atoms with E-state index in [0.717, 1.165) is 23.4 Å². The van der Waals surface area contributed by atoms with Gasteiger partial charge in [0.25, 0.3) is 0 Å². The molecule has 0 amide bonds. The number of nitrogens with zero attached hydrogens (tertiary/aromatic N) is 2. The van der Waals surface area contributed by atoms with Crippen molar-refractivity contribution in [3.05, 3.63) is 65.2 Å². The Morgan fingerprint density at radius 1 is 1.17 bits per heavy atom. The van der Waals surface area contributed by atoms with Crippen molar-refractivity contribution in [1.29, 1.82) is 5.26 Å². The quantitative estimate of drug-likeness (QED) is 0.844. The van der Waals surface area contributed by atoms with Gasteiger partial charge in [0.05, 0.1) is 24.8 Å². The van der Waals surface area contributed by atoms with Crippen molar-refractivity contribution in [3.8, 4) is 11.8 Å². The van der Waals surface area contributed by atoms with Crippen LogP contribution in [0.5, 0.6) is 5.75 Å². The summed E-state index contributed by atoms with van der Waals surface area (Å²) in [4.78, 5) is 2.21. The Hall–Kier alpha value is -2.35. The first-order valence-corrected chi connectivity index (χ1v) is 8.15. The molecule has 2 unspecified atom stereocenters. The minimum absolute atomic E-state index is 0.156. The minimum atomic E-state index is -0.583. The second-order valence-corrected chi connectivity index (χ2v) is 5.79. The van der Waals surface area contributed by atoms with Crippen LogP contribution in [0.25, 0.3) is 0 Å². The lowest BCUT2D eigenvalue weighted by atomic mass is 10.0. The third-order valence-corrected chi connectivity index (χ3v) is 4.36. The number of methoxy groups -OCH3 is 1. The molecule has 0 aliphatic heterocycles. The lowest BCUT2D eigenvalue weighted by Crippen LogP contribution is -2.31. The monoisotopic (exact) mass is 324 g/mol. The number of likely N-dealkylation sites (N-methyl/N-ethyl adjacent to an activating group) is 1. The van der Waals surface area contributed by atoms with Crippen LogP contribution in [0.4, 0.5) is 0 Å². The highest BCUT2D eigenvalue weighted by molar-refractivity contribution is 5.33. The van der Waals surface area contributed by atoms with E-state index in [0.29, 0.717) is 12.1 Å². The molecule has 1 N–H and O–H groups in total. The van der Waals surface area contributed by atoms with E-state index in [4.69, 9.17) is 10.00 Å². The SMILES string of the molecule is CCN(CC(O)c1cccc(OC)c1)C(C)c1ccc(C#N)cc1. The van der Waals surface area contributed by atoms with Crippen LogP contribution in [0, 0.1) is 11.3 Å². The maximum absolute atomic E-state index is 10.6. The molecule has 0 fully saturated rings. The smallest absolute Gasteiger partial charge is 0.119 e.